The maximum Gasteiger partial charge on any atom is 0.277 e. The molecule has 1 aromatic rings. The summed E-state index contributed by atoms with van der Waals surface area (Å²) in [6.45, 7) is 5.82. The minimum absolute atomic E-state index is 0.0243. The SMILES string of the molecule is CCC(C)=NNC(=O)COc1ccc(C)cc1. The van der Waals surface area contributed by atoms with E-state index in [2.05, 4.69) is 10.5 Å². The van der Waals surface area contributed by atoms with Gasteiger partial charge in [0.05, 0.1) is 0 Å². The van der Waals surface area contributed by atoms with Crippen LogP contribution in [0.4, 0.5) is 0 Å². The van der Waals surface area contributed by atoms with Gasteiger partial charge in [-0.05, 0) is 32.4 Å². The second-order valence-electron chi connectivity index (χ2n) is 3.84. The molecule has 0 radical (unpaired) electrons. The Morgan fingerprint density at radius 3 is 2.59 bits per heavy atom. The maximum atomic E-state index is 11.4. The van der Waals surface area contributed by atoms with Crippen LogP contribution in [0.3, 0.4) is 0 Å². The van der Waals surface area contributed by atoms with Crippen molar-refractivity contribution in [2.45, 2.75) is 27.2 Å². The summed E-state index contributed by atoms with van der Waals surface area (Å²) in [6, 6.07) is 7.55. The van der Waals surface area contributed by atoms with Gasteiger partial charge >= 0.3 is 0 Å². The van der Waals surface area contributed by atoms with E-state index in [0.717, 1.165) is 17.7 Å². The largest absolute Gasteiger partial charge is 0.484 e. The molecule has 1 N–H and O–H groups in total. The summed E-state index contributed by atoms with van der Waals surface area (Å²) < 4.78 is 5.31. The van der Waals surface area contributed by atoms with E-state index >= 15 is 0 Å². The highest BCUT2D eigenvalue weighted by atomic mass is 16.5. The number of aryl methyl sites for hydroxylation is 1. The highest BCUT2D eigenvalue weighted by molar-refractivity contribution is 5.84. The lowest BCUT2D eigenvalue weighted by atomic mass is 10.2. The minimum Gasteiger partial charge on any atom is -0.484 e. The van der Waals surface area contributed by atoms with Crippen LogP contribution in [0.1, 0.15) is 25.8 Å². The number of nitrogens with one attached hydrogen (secondary N) is 1. The highest BCUT2D eigenvalue weighted by Crippen LogP contribution is 2.10. The van der Waals surface area contributed by atoms with Crippen LogP contribution >= 0.6 is 0 Å². The average Bonchev–Trinajstić information content (AvgIpc) is 2.35. The molecule has 17 heavy (non-hydrogen) atoms. The van der Waals surface area contributed by atoms with Crippen molar-refractivity contribution in [3.8, 4) is 5.75 Å². The zero-order valence-corrected chi connectivity index (χ0v) is 10.5. The number of benzene rings is 1. The summed E-state index contributed by atoms with van der Waals surface area (Å²) in [6.07, 6.45) is 0.819. The van der Waals surface area contributed by atoms with Crippen LogP contribution in [0, 0.1) is 6.92 Å². The molecule has 1 amide bonds. The molecule has 1 rings (SSSR count). The molecule has 92 valence electrons. The molecule has 0 saturated carbocycles. The summed E-state index contributed by atoms with van der Waals surface area (Å²) in [7, 11) is 0. The molecule has 0 aromatic heterocycles. The van der Waals surface area contributed by atoms with Gasteiger partial charge in [-0.15, -0.1) is 0 Å². The summed E-state index contributed by atoms with van der Waals surface area (Å²) in [5.41, 5.74) is 4.48. The van der Waals surface area contributed by atoms with Crippen LogP contribution in [0.5, 0.6) is 5.75 Å². The van der Waals surface area contributed by atoms with E-state index in [1.54, 1.807) is 0 Å². The van der Waals surface area contributed by atoms with Gasteiger partial charge in [0.25, 0.3) is 5.91 Å². The smallest absolute Gasteiger partial charge is 0.277 e. The highest BCUT2D eigenvalue weighted by Gasteiger charge is 2.01. The van der Waals surface area contributed by atoms with E-state index in [-0.39, 0.29) is 12.5 Å². The Morgan fingerprint density at radius 1 is 1.35 bits per heavy atom. The fourth-order valence-corrected chi connectivity index (χ4v) is 1.05. The third-order valence-electron chi connectivity index (χ3n) is 2.27. The lowest BCUT2D eigenvalue weighted by molar-refractivity contribution is -0.123. The van der Waals surface area contributed by atoms with Crippen molar-refractivity contribution >= 4 is 11.6 Å². The second kappa shape index (κ2) is 6.68. The molecule has 0 aliphatic heterocycles. The molecule has 4 nitrogen and oxygen atoms in total. The van der Waals surface area contributed by atoms with Crippen LogP contribution < -0.4 is 10.2 Å². The van der Waals surface area contributed by atoms with Crippen LogP contribution in [0.15, 0.2) is 29.4 Å². The molecule has 0 bridgehead atoms. The number of hydrogen-bond acceptors (Lipinski definition) is 3. The molecule has 0 saturated heterocycles. The number of hydrogen-bond donors (Lipinski definition) is 1. The van der Waals surface area contributed by atoms with Crippen molar-refractivity contribution in [3.63, 3.8) is 0 Å². The normalized spacial score (nSPS) is 11.1. The van der Waals surface area contributed by atoms with Gasteiger partial charge in [-0.2, -0.15) is 5.10 Å². The molecule has 0 heterocycles. The zero-order valence-electron chi connectivity index (χ0n) is 10.5. The number of rotatable bonds is 5. The van der Waals surface area contributed by atoms with Gasteiger partial charge < -0.3 is 4.74 Å². The predicted molar refractivity (Wildman–Crippen MR) is 68.2 cm³/mol. The van der Waals surface area contributed by atoms with Gasteiger partial charge in [0.15, 0.2) is 6.61 Å². The zero-order chi connectivity index (χ0) is 12.7. The standard InChI is InChI=1S/C13H18N2O2/c1-4-11(3)14-15-13(16)9-17-12-7-5-10(2)6-8-12/h5-8H,4,9H2,1-3H3,(H,15,16). The Morgan fingerprint density at radius 2 is 2.00 bits per heavy atom. The Balaban J connectivity index is 2.36. The van der Waals surface area contributed by atoms with Gasteiger partial charge in [-0.25, -0.2) is 5.43 Å². The van der Waals surface area contributed by atoms with E-state index in [1.807, 2.05) is 45.0 Å². The summed E-state index contributed by atoms with van der Waals surface area (Å²) >= 11 is 0. The Labute approximate surface area is 102 Å². The van der Waals surface area contributed by atoms with Gasteiger partial charge in [0.1, 0.15) is 5.75 Å². The summed E-state index contributed by atoms with van der Waals surface area (Å²) in [5.74, 6) is 0.431. The average molecular weight is 234 g/mol. The third kappa shape index (κ3) is 5.15. The van der Waals surface area contributed by atoms with Gasteiger partial charge in [-0.3, -0.25) is 4.79 Å². The minimum atomic E-state index is -0.252. The monoisotopic (exact) mass is 234 g/mol. The fraction of sp³-hybridized carbons (Fsp3) is 0.385. The Hall–Kier alpha value is -1.84. The Bertz CT molecular complexity index is 396. The number of hydrazone groups is 1. The Kier molecular flexibility index (Phi) is 5.20. The van der Waals surface area contributed by atoms with Crippen LogP contribution in [-0.2, 0) is 4.79 Å². The molecule has 4 heteroatoms. The van der Waals surface area contributed by atoms with Crippen molar-refractivity contribution in [1.82, 2.24) is 5.43 Å². The number of nitrogens with zero attached hydrogens (tertiary/aromatic N) is 1. The molecule has 0 atom stereocenters. The van der Waals surface area contributed by atoms with E-state index in [0.29, 0.717) is 5.75 Å². The number of ether oxygens (including phenoxy) is 1. The van der Waals surface area contributed by atoms with E-state index in [9.17, 15) is 4.79 Å². The molecule has 0 aliphatic carbocycles. The molecular weight excluding hydrogens is 216 g/mol. The second-order valence-corrected chi connectivity index (χ2v) is 3.84. The first-order valence-electron chi connectivity index (χ1n) is 5.63. The lowest BCUT2D eigenvalue weighted by Crippen LogP contribution is -2.25. The van der Waals surface area contributed by atoms with Crippen LogP contribution in [-0.4, -0.2) is 18.2 Å². The molecule has 0 unspecified atom stereocenters. The van der Waals surface area contributed by atoms with Gasteiger partial charge in [-0.1, -0.05) is 24.6 Å². The van der Waals surface area contributed by atoms with Crippen LogP contribution in [0.2, 0.25) is 0 Å². The molecule has 0 aliphatic rings. The fourth-order valence-electron chi connectivity index (χ4n) is 1.05. The van der Waals surface area contributed by atoms with E-state index < -0.39 is 0 Å². The lowest BCUT2D eigenvalue weighted by Gasteiger charge is -2.05. The molecule has 0 fully saturated rings. The first kappa shape index (κ1) is 13.2. The summed E-state index contributed by atoms with van der Waals surface area (Å²) in [4.78, 5) is 11.4. The first-order valence-corrected chi connectivity index (χ1v) is 5.63. The molecule has 1 aromatic carbocycles. The van der Waals surface area contributed by atoms with E-state index in [1.165, 1.54) is 0 Å². The first-order chi connectivity index (χ1) is 8.11. The maximum absolute atomic E-state index is 11.4. The van der Waals surface area contributed by atoms with E-state index in [4.69, 9.17) is 4.74 Å². The van der Waals surface area contributed by atoms with Crippen molar-refractivity contribution in [1.29, 1.82) is 0 Å². The van der Waals surface area contributed by atoms with Crippen molar-refractivity contribution in [2.75, 3.05) is 6.61 Å². The number of amides is 1. The predicted octanol–water partition coefficient (Wildman–Crippen LogP) is 2.28. The summed E-state index contributed by atoms with van der Waals surface area (Å²) in [5, 5.41) is 3.91. The number of carbonyl (C=O) groups excluding carboxylic acids is 1. The van der Waals surface area contributed by atoms with Crippen molar-refractivity contribution in [3.05, 3.63) is 29.8 Å². The van der Waals surface area contributed by atoms with Gasteiger partial charge in [0, 0.05) is 5.71 Å². The van der Waals surface area contributed by atoms with Gasteiger partial charge in [0.2, 0.25) is 0 Å². The van der Waals surface area contributed by atoms with Crippen molar-refractivity contribution in [2.24, 2.45) is 5.10 Å². The quantitative estimate of drug-likeness (QED) is 0.627. The third-order valence-corrected chi connectivity index (χ3v) is 2.27. The molecule has 0 spiro atoms. The van der Waals surface area contributed by atoms with Crippen molar-refractivity contribution < 1.29 is 9.53 Å². The topological polar surface area (TPSA) is 50.7 Å². The molecular formula is C13H18N2O2. The number of carbonyl (C=O) groups is 1. The van der Waals surface area contributed by atoms with Crippen LogP contribution in [0.25, 0.3) is 0 Å².